The van der Waals surface area contributed by atoms with Gasteiger partial charge in [-0.05, 0) is 25.1 Å². The number of rotatable bonds is 4. The van der Waals surface area contributed by atoms with Crippen molar-refractivity contribution in [2.75, 3.05) is 33.3 Å². The number of pyridine rings is 1. The Kier molecular flexibility index (Phi) is 5.11. The van der Waals surface area contributed by atoms with E-state index in [0.29, 0.717) is 24.6 Å². The molecule has 1 atom stereocenters. The summed E-state index contributed by atoms with van der Waals surface area (Å²) in [6, 6.07) is 9.67. The first-order valence-corrected chi connectivity index (χ1v) is 8.52. The lowest BCUT2D eigenvalue weighted by atomic mass is 10.0. The van der Waals surface area contributed by atoms with Crippen LogP contribution in [0.15, 0.2) is 30.3 Å². The van der Waals surface area contributed by atoms with E-state index in [1.165, 1.54) is 0 Å². The average Bonchev–Trinajstić information content (AvgIpc) is 2.58. The third-order valence-electron chi connectivity index (χ3n) is 4.25. The van der Waals surface area contributed by atoms with Crippen LogP contribution in [0.1, 0.15) is 36.0 Å². The zero-order valence-corrected chi connectivity index (χ0v) is 14.6. The fourth-order valence-electron chi connectivity index (χ4n) is 2.90. The zero-order chi connectivity index (χ0) is 17.1. The number of aromatic nitrogens is 1. The summed E-state index contributed by atoms with van der Waals surface area (Å²) in [6.45, 7) is 7.23. The molecule has 0 aliphatic carbocycles. The predicted molar refractivity (Wildman–Crippen MR) is 95.1 cm³/mol. The lowest BCUT2D eigenvalue weighted by molar-refractivity contribution is -0.0229. The van der Waals surface area contributed by atoms with Gasteiger partial charge >= 0.3 is 0 Å². The number of nitrogens with zero attached hydrogens (tertiary/aromatic N) is 2. The maximum absolute atomic E-state index is 12.7. The molecule has 1 aliphatic rings. The SMILES string of the molecule is CC(C)CNC(=O)c1cc([C@H]2CN(C)CCO2)nc2ccccc12. The molecule has 0 radical (unpaired) electrons. The fraction of sp³-hybridized carbons (Fsp3) is 0.474. The summed E-state index contributed by atoms with van der Waals surface area (Å²) < 4.78 is 5.88. The summed E-state index contributed by atoms with van der Waals surface area (Å²) >= 11 is 0. The normalized spacial score (nSPS) is 18.9. The summed E-state index contributed by atoms with van der Waals surface area (Å²) in [5.74, 6) is 0.365. The van der Waals surface area contributed by atoms with Gasteiger partial charge in [-0.25, -0.2) is 4.98 Å². The Labute approximate surface area is 143 Å². The minimum Gasteiger partial charge on any atom is -0.369 e. The molecule has 128 valence electrons. The molecule has 2 heterocycles. The quantitative estimate of drug-likeness (QED) is 0.938. The summed E-state index contributed by atoms with van der Waals surface area (Å²) in [5, 5.41) is 3.89. The van der Waals surface area contributed by atoms with Crippen molar-refractivity contribution in [2.45, 2.75) is 20.0 Å². The maximum Gasteiger partial charge on any atom is 0.252 e. The van der Waals surface area contributed by atoms with E-state index in [0.717, 1.165) is 29.7 Å². The molecule has 1 aliphatic heterocycles. The van der Waals surface area contributed by atoms with Gasteiger partial charge in [0.2, 0.25) is 0 Å². The molecule has 0 unspecified atom stereocenters. The van der Waals surface area contributed by atoms with Crippen LogP contribution in [0.5, 0.6) is 0 Å². The van der Waals surface area contributed by atoms with Crippen LogP contribution in [0.4, 0.5) is 0 Å². The Hall–Kier alpha value is -1.98. The first kappa shape index (κ1) is 16.9. The Bertz CT molecular complexity index is 730. The Balaban J connectivity index is 1.98. The van der Waals surface area contributed by atoms with Crippen molar-refractivity contribution in [1.29, 1.82) is 0 Å². The molecule has 1 amide bonds. The minimum absolute atomic E-state index is 0.0484. The number of ether oxygens (including phenoxy) is 1. The van der Waals surface area contributed by atoms with E-state index in [1.54, 1.807) is 0 Å². The minimum atomic E-state index is -0.0926. The molecular weight excluding hydrogens is 302 g/mol. The maximum atomic E-state index is 12.7. The number of carbonyl (C=O) groups is 1. The number of hydrogen-bond donors (Lipinski definition) is 1. The molecule has 3 rings (SSSR count). The Morgan fingerprint density at radius 2 is 2.21 bits per heavy atom. The van der Waals surface area contributed by atoms with E-state index in [9.17, 15) is 4.79 Å². The largest absolute Gasteiger partial charge is 0.369 e. The Morgan fingerprint density at radius 1 is 1.42 bits per heavy atom. The van der Waals surface area contributed by atoms with Crippen LogP contribution in [0.3, 0.4) is 0 Å². The molecule has 1 saturated heterocycles. The summed E-state index contributed by atoms with van der Waals surface area (Å²) in [5.41, 5.74) is 2.34. The highest BCUT2D eigenvalue weighted by Gasteiger charge is 2.23. The Morgan fingerprint density at radius 3 is 2.96 bits per heavy atom. The van der Waals surface area contributed by atoms with E-state index in [1.807, 2.05) is 30.3 Å². The van der Waals surface area contributed by atoms with Crippen LogP contribution >= 0.6 is 0 Å². The van der Waals surface area contributed by atoms with Crippen molar-refractivity contribution in [3.05, 3.63) is 41.6 Å². The van der Waals surface area contributed by atoms with Crippen molar-refractivity contribution in [3.63, 3.8) is 0 Å². The average molecular weight is 327 g/mol. The van der Waals surface area contributed by atoms with Crippen molar-refractivity contribution in [1.82, 2.24) is 15.2 Å². The number of nitrogens with one attached hydrogen (secondary N) is 1. The van der Waals surface area contributed by atoms with Crippen LogP contribution in [0.25, 0.3) is 10.9 Å². The first-order chi connectivity index (χ1) is 11.5. The van der Waals surface area contributed by atoms with Gasteiger partial charge in [0.1, 0.15) is 6.10 Å². The number of fused-ring (bicyclic) bond motifs is 1. The number of hydrogen-bond acceptors (Lipinski definition) is 4. The number of likely N-dealkylation sites (N-methyl/N-ethyl adjacent to an activating group) is 1. The van der Waals surface area contributed by atoms with Gasteiger partial charge in [0.05, 0.1) is 23.4 Å². The second kappa shape index (κ2) is 7.28. The van der Waals surface area contributed by atoms with Crippen LogP contribution < -0.4 is 5.32 Å². The van der Waals surface area contributed by atoms with Crippen molar-refractivity contribution in [2.24, 2.45) is 5.92 Å². The van der Waals surface area contributed by atoms with Crippen LogP contribution in [0, 0.1) is 5.92 Å². The van der Waals surface area contributed by atoms with Gasteiger partial charge in [0, 0.05) is 25.0 Å². The van der Waals surface area contributed by atoms with E-state index in [-0.39, 0.29) is 12.0 Å². The molecule has 1 aromatic heterocycles. The summed E-state index contributed by atoms with van der Waals surface area (Å²) in [7, 11) is 2.08. The predicted octanol–water partition coefficient (Wildman–Crippen LogP) is 2.62. The van der Waals surface area contributed by atoms with E-state index >= 15 is 0 Å². The zero-order valence-electron chi connectivity index (χ0n) is 14.6. The standard InChI is InChI=1S/C19H25N3O2/c1-13(2)11-20-19(23)15-10-17(18-12-22(3)8-9-24-18)21-16-7-5-4-6-14(15)16/h4-7,10,13,18H,8-9,11-12H2,1-3H3,(H,20,23)/t18-/m1/s1. The van der Waals surface area contributed by atoms with Gasteiger partial charge < -0.3 is 15.0 Å². The topological polar surface area (TPSA) is 54.5 Å². The highest BCUT2D eigenvalue weighted by atomic mass is 16.5. The second-order valence-corrected chi connectivity index (χ2v) is 6.84. The summed E-state index contributed by atoms with van der Waals surface area (Å²) in [4.78, 5) is 19.6. The van der Waals surface area contributed by atoms with Gasteiger partial charge in [0.25, 0.3) is 5.91 Å². The highest BCUT2D eigenvalue weighted by molar-refractivity contribution is 6.06. The van der Waals surface area contributed by atoms with Crippen molar-refractivity contribution in [3.8, 4) is 0 Å². The third kappa shape index (κ3) is 3.74. The van der Waals surface area contributed by atoms with Crippen molar-refractivity contribution < 1.29 is 9.53 Å². The molecule has 1 N–H and O–H groups in total. The lowest BCUT2D eigenvalue weighted by Gasteiger charge is -2.30. The molecule has 24 heavy (non-hydrogen) atoms. The smallest absolute Gasteiger partial charge is 0.252 e. The van der Waals surface area contributed by atoms with Gasteiger partial charge in [-0.3, -0.25) is 4.79 Å². The molecule has 5 heteroatoms. The van der Waals surface area contributed by atoms with Crippen LogP contribution in [0.2, 0.25) is 0 Å². The van der Waals surface area contributed by atoms with Gasteiger partial charge in [0.15, 0.2) is 0 Å². The molecule has 0 saturated carbocycles. The first-order valence-electron chi connectivity index (χ1n) is 8.52. The molecular formula is C19H25N3O2. The number of carbonyl (C=O) groups excluding carboxylic acids is 1. The molecule has 0 spiro atoms. The van der Waals surface area contributed by atoms with Gasteiger partial charge in [-0.15, -0.1) is 0 Å². The number of benzene rings is 1. The highest BCUT2D eigenvalue weighted by Crippen LogP contribution is 2.25. The second-order valence-electron chi connectivity index (χ2n) is 6.84. The fourth-order valence-corrected chi connectivity index (χ4v) is 2.90. The lowest BCUT2D eigenvalue weighted by Crippen LogP contribution is -2.36. The van der Waals surface area contributed by atoms with Crippen molar-refractivity contribution >= 4 is 16.8 Å². The molecule has 0 bridgehead atoms. The third-order valence-corrected chi connectivity index (χ3v) is 4.25. The monoisotopic (exact) mass is 327 g/mol. The number of morpholine rings is 1. The number of para-hydroxylation sites is 1. The molecule has 5 nitrogen and oxygen atoms in total. The number of amides is 1. The van der Waals surface area contributed by atoms with E-state index in [2.05, 4.69) is 31.1 Å². The van der Waals surface area contributed by atoms with Crippen LogP contribution in [-0.4, -0.2) is 49.1 Å². The van der Waals surface area contributed by atoms with Gasteiger partial charge in [-0.1, -0.05) is 32.0 Å². The molecule has 1 fully saturated rings. The molecule has 2 aromatic rings. The molecule has 1 aromatic carbocycles. The van der Waals surface area contributed by atoms with E-state index < -0.39 is 0 Å². The van der Waals surface area contributed by atoms with E-state index in [4.69, 9.17) is 9.72 Å². The van der Waals surface area contributed by atoms with Crippen LogP contribution in [-0.2, 0) is 4.74 Å². The summed E-state index contributed by atoms with van der Waals surface area (Å²) in [6.07, 6.45) is -0.0926. The van der Waals surface area contributed by atoms with Gasteiger partial charge in [-0.2, -0.15) is 0 Å².